The highest BCUT2D eigenvalue weighted by atomic mass is 16.5. The molecule has 0 aliphatic heterocycles. The van der Waals surface area contributed by atoms with Gasteiger partial charge in [0.15, 0.2) is 0 Å². The topological polar surface area (TPSA) is 47.6 Å². The van der Waals surface area contributed by atoms with Crippen molar-refractivity contribution in [3.63, 3.8) is 0 Å². The van der Waals surface area contributed by atoms with Crippen LogP contribution < -0.4 is 5.32 Å². The Balaban J connectivity index is 2.15. The first-order valence-electron chi connectivity index (χ1n) is 7.62. The number of carbonyl (C=O) groups excluding carboxylic acids is 1. The molecule has 116 valence electrons. The van der Waals surface area contributed by atoms with Crippen LogP contribution in [-0.4, -0.2) is 31.8 Å². The summed E-state index contributed by atoms with van der Waals surface area (Å²) in [5.74, 6) is -0.308. The van der Waals surface area contributed by atoms with Crippen molar-refractivity contribution >= 4 is 11.7 Å². The summed E-state index contributed by atoms with van der Waals surface area (Å²) in [6, 6.07) is 7.80. The van der Waals surface area contributed by atoms with E-state index in [0.717, 1.165) is 25.1 Å². The quantitative estimate of drug-likeness (QED) is 0.815. The van der Waals surface area contributed by atoms with Gasteiger partial charge in [0.1, 0.15) is 0 Å². The maximum Gasteiger partial charge on any atom is 0.339 e. The van der Waals surface area contributed by atoms with Crippen LogP contribution in [0.25, 0.3) is 0 Å². The number of carbonyl (C=O) groups is 1. The molecule has 0 saturated heterocycles. The second-order valence-electron chi connectivity index (χ2n) is 5.77. The molecule has 1 saturated carbocycles. The zero-order chi connectivity index (χ0) is 15.5. The van der Waals surface area contributed by atoms with Crippen LogP contribution in [-0.2, 0) is 9.47 Å². The molecular weight excluding hydrogens is 266 g/mol. The molecule has 1 N–H and O–H groups in total. The number of anilines is 1. The van der Waals surface area contributed by atoms with E-state index >= 15 is 0 Å². The molecule has 1 aliphatic rings. The van der Waals surface area contributed by atoms with Crippen LogP contribution in [0.1, 0.15) is 44.0 Å². The van der Waals surface area contributed by atoms with Crippen molar-refractivity contribution in [2.24, 2.45) is 5.41 Å². The highest BCUT2D eigenvalue weighted by Crippen LogP contribution is 2.47. The zero-order valence-electron chi connectivity index (χ0n) is 13.3. The number of methoxy groups -OCH3 is 1. The van der Waals surface area contributed by atoms with E-state index < -0.39 is 0 Å². The highest BCUT2D eigenvalue weighted by molar-refractivity contribution is 5.95. The van der Waals surface area contributed by atoms with Crippen molar-refractivity contribution in [1.82, 2.24) is 0 Å². The standard InChI is InChI=1S/C17H25NO3/c1-5-17(3)14(11-15(17)21-6-2)18-13-10-8-7-9-12(13)16(19)20-4/h7-10,14-15,18H,5-6,11H2,1-4H3. The number of rotatable bonds is 6. The number of hydrogen-bond donors (Lipinski definition) is 1. The van der Waals surface area contributed by atoms with Gasteiger partial charge in [-0.15, -0.1) is 0 Å². The monoisotopic (exact) mass is 291 g/mol. The van der Waals surface area contributed by atoms with E-state index in [4.69, 9.17) is 9.47 Å². The van der Waals surface area contributed by atoms with Crippen molar-refractivity contribution in [2.45, 2.75) is 45.8 Å². The van der Waals surface area contributed by atoms with Gasteiger partial charge >= 0.3 is 5.97 Å². The third-order valence-electron chi connectivity index (χ3n) is 4.77. The van der Waals surface area contributed by atoms with Crippen LogP contribution in [0.15, 0.2) is 24.3 Å². The minimum atomic E-state index is -0.308. The van der Waals surface area contributed by atoms with Crippen LogP contribution in [0.3, 0.4) is 0 Å². The SMILES string of the molecule is CCOC1CC(Nc2ccccc2C(=O)OC)C1(C)CC. The Morgan fingerprint density at radius 3 is 2.71 bits per heavy atom. The van der Waals surface area contributed by atoms with E-state index in [1.54, 1.807) is 6.07 Å². The molecule has 0 bridgehead atoms. The van der Waals surface area contributed by atoms with E-state index in [1.165, 1.54) is 7.11 Å². The molecular formula is C17H25NO3. The van der Waals surface area contributed by atoms with Gasteiger partial charge in [0.25, 0.3) is 0 Å². The van der Waals surface area contributed by atoms with Crippen molar-refractivity contribution < 1.29 is 14.3 Å². The Labute approximate surface area is 126 Å². The fourth-order valence-electron chi connectivity index (χ4n) is 3.06. The van der Waals surface area contributed by atoms with Crippen molar-refractivity contribution in [3.05, 3.63) is 29.8 Å². The summed E-state index contributed by atoms with van der Waals surface area (Å²) in [5.41, 5.74) is 1.52. The van der Waals surface area contributed by atoms with E-state index in [9.17, 15) is 4.79 Å². The summed E-state index contributed by atoms with van der Waals surface area (Å²) >= 11 is 0. The second-order valence-corrected chi connectivity index (χ2v) is 5.77. The average molecular weight is 291 g/mol. The van der Waals surface area contributed by atoms with Crippen LogP contribution in [0, 0.1) is 5.41 Å². The van der Waals surface area contributed by atoms with Crippen molar-refractivity contribution in [1.29, 1.82) is 0 Å². The Hall–Kier alpha value is -1.55. The van der Waals surface area contributed by atoms with Crippen LogP contribution in [0.2, 0.25) is 0 Å². The third kappa shape index (κ3) is 2.91. The van der Waals surface area contributed by atoms with Crippen LogP contribution >= 0.6 is 0 Å². The second kappa shape index (κ2) is 6.48. The predicted octanol–water partition coefficient (Wildman–Crippen LogP) is 3.48. The first kappa shape index (κ1) is 15.8. The molecule has 0 spiro atoms. The Kier molecular flexibility index (Phi) is 4.88. The summed E-state index contributed by atoms with van der Waals surface area (Å²) in [6.45, 7) is 7.20. The van der Waals surface area contributed by atoms with E-state index in [2.05, 4.69) is 19.2 Å². The first-order chi connectivity index (χ1) is 10.1. The lowest BCUT2D eigenvalue weighted by Gasteiger charge is -2.54. The molecule has 1 aliphatic carbocycles. The normalized spacial score (nSPS) is 27.8. The molecule has 3 unspecified atom stereocenters. The average Bonchev–Trinajstić information content (AvgIpc) is 2.52. The molecule has 21 heavy (non-hydrogen) atoms. The number of ether oxygens (including phenoxy) is 2. The maximum atomic E-state index is 11.8. The smallest absolute Gasteiger partial charge is 0.339 e. The molecule has 4 heteroatoms. The summed E-state index contributed by atoms with van der Waals surface area (Å²) in [5, 5.41) is 3.51. The van der Waals surface area contributed by atoms with Crippen LogP contribution in [0.5, 0.6) is 0 Å². The summed E-state index contributed by atoms with van der Waals surface area (Å²) in [7, 11) is 1.41. The van der Waals surface area contributed by atoms with Crippen molar-refractivity contribution in [3.8, 4) is 0 Å². The van der Waals surface area contributed by atoms with Crippen LogP contribution in [0.4, 0.5) is 5.69 Å². The maximum absolute atomic E-state index is 11.8. The van der Waals surface area contributed by atoms with E-state index in [1.807, 2.05) is 25.1 Å². The number of benzene rings is 1. The molecule has 1 aromatic carbocycles. The number of para-hydroxylation sites is 1. The third-order valence-corrected chi connectivity index (χ3v) is 4.77. The molecule has 0 radical (unpaired) electrons. The molecule has 1 fully saturated rings. The molecule has 3 atom stereocenters. The van der Waals surface area contributed by atoms with Gasteiger partial charge in [-0.2, -0.15) is 0 Å². The summed E-state index contributed by atoms with van der Waals surface area (Å²) < 4.78 is 10.7. The fourth-order valence-corrected chi connectivity index (χ4v) is 3.06. The largest absolute Gasteiger partial charge is 0.465 e. The van der Waals surface area contributed by atoms with Gasteiger partial charge < -0.3 is 14.8 Å². The molecule has 0 aromatic heterocycles. The lowest BCUT2D eigenvalue weighted by Crippen LogP contribution is -2.59. The van der Waals surface area contributed by atoms with Crippen molar-refractivity contribution in [2.75, 3.05) is 19.0 Å². The number of esters is 1. The van der Waals surface area contributed by atoms with Gasteiger partial charge in [-0.3, -0.25) is 0 Å². The zero-order valence-corrected chi connectivity index (χ0v) is 13.3. The van der Waals surface area contributed by atoms with Gasteiger partial charge in [-0.1, -0.05) is 26.0 Å². The Morgan fingerprint density at radius 2 is 2.10 bits per heavy atom. The minimum absolute atomic E-state index is 0.0965. The van der Waals surface area contributed by atoms with Gasteiger partial charge in [-0.05, 0) is 31.9 Å². The van der Waals surface area contributed by atoms with E-state index in [-0.39, 0.29) is 17.5 Å². The number of hydrogen-bond acceptors (Lipinski definition) is 4. The van der Waals surface area contributed by atoms with Gasteiger partial charge in [-0.25, -0.2) is 4.79 Å². The molecule has 1 aromatic rings. The Bertz CT molecular complexity index is 503. The minimum Gasteiger partial charge on any atom is -0.465 e. The highest BCUT2D eigenvalue weighted by Gasteiger charge is 2.51. The molecule has 2 rings (SSSR count). The summed E-state index contributed by atoms with van der Waals surface area (Å²) in [6.07, 6.45) is 2.29. The van der Waals surface area contributed by atoms with Gasteiger partial charge in [0.2, 0.25) is 0 Å². The van der Waals surface area contributed by atoms with Gasteiger partial charge in [0, 0.05) is 23.8 Å². The lowest BCUT2D eigenvalue weighted by molar-refractivity contribution is -0.109. The molecule has 0 heterocycles. The lowest BCUT2D eigenvalue weighted by atomic mass is 9.61. The first-order valence-corrected chi connectivity index (χ1v) is 7.62. The number of nitrogens with one attached hydrogen (secondary N) is 1. The summed E-state index contributed by atoms with van der Waals surface area (Å²) in [4.78, 5) is 11.8. The molecule has 0 amide bonds. The predicted molar refractivity (Wildman–Crippen MR) is 83.6 cm³/mol. The Morgan fingerprint density at radius 1 is 1.38 bits per heavy atom. The van der Waals surface area contributed by atoms with E-state index in [0.29, 0.717) is 11.6 Å². The molecule has 4 nitrogen and oxygen atoms in total. The fraction of sp³-hybridized carbons (Fsp3) is 0.588. The van der Waals surface area contributed by atoms with Gasteiger partial charge in [0.05, 0.1) is 18.8 Å².